The summed E-state index contributed by atoms with van der Waals surface area (Å²) in [5.41, 5.74) is 10.5. The minimum atomic E-state index is -3.16. The number of fused-ring (bicyclic) bond motifs is 6. The zero-order valence-corrected chi connectivity index (χ0v) is 58.8. The third-order valence-corrected chi connectivity index (χ3v) is 32.1. The molecule has 0 N–H and O–H groups in total. The van der Waals surface area contributed by atoms with Crippen molar-refractivity contribution >= 4 is 92.1 Å². The Morgan fingerprint density at radius 1 is 0.473 bits per heavy atom. The zero-order chi connectivity index (χ0) is 63.7. The highest BCUT2D eigenvalue weighted by Crippen LogP contribution is 2.45. The van der Waals surface area contributed by atoms with E-state index in [1.807, 2.05) is 54.7 Å². The fourth-order valence-corrected chi connectivity index (χ4v) is 28.4. The van der Waals surface area contributed by atoms with E-state index >= 15 is 0 Å². The average Bonchev–Trinajstić information content (AvgIpc) is 1.51. The highest BCUT2D eigenvalue weighted by atomic mass is 32.1. The maximum absolute atomic E-state index is 10.7. The van der Waals surface area contributed by atoms with Gasteiger partial charge in [0.2, 0.25) is 0 Å². The van der Waals surface area contributed by atoms with Gasteiger partial charge in [-0.2, -0.15) is 15.8 Å². The lowest BCUT2D eigenvalue weighted by atomic mass is 9.94. The fraction of sp³-hybridized carbons (Fsp3) is 0.354. The Kier molecular flexibility index (Phi) is 20.7. The van der Waals surface area contributed by atoms with E-state index in [4.69, 9.17) is 4.74 Å². The van der Waals surface area contributed by atoms with E-state index in [9.17, 15) is 15.8 Å². The molecule has 11 rings (SSSR count). The van der Waals surface area contributed by atoms with Crippen LogP contribution in [0, 0.1) is 34.0 Å². The molecule has 2 aromatic heterocycles. The second kappa shape index (κ2) is 28.9. The van der Waals surface area contributed by atoms with E-state index < -0.39 is 21.7 Å². The number of benzene rings is 6. The van der Waals surface area contributed by atoms with Crippen molar-refractivity contribution in [1.29, 1.82) is 15.8 Å². The van der Waals surface area contributed by atoms with Crippen LogP contribution in [0.15, 0.2) is 174 Å². The number of nitrogens with zero attached hydrogens (tertiary/aromatic N) is 4. The Bertz CT molecular complexity index is 3970. The number of unbranched alkanes of at least 4 members (excludes halogenated alkanes) is 12. The van der Waals surface area contributed by atoms with E-state index in [0.717, 1.165) is 30.6 Å². The Labute approximate surface area is 554 Å². The van der Waals surface area contributed by atoms with Gasteiger partial charge in [-0.3, -0.25) is 0 Å². The van der Waals surface area contributed by atoms with Gasteiger partial charge in [0.1, 0.15) is 29.4 Å². The number of nitriles is 3. The molecular weight excluding hydrogens is 1180 g/mol. The first-order valence-electron chi connectivity index (χ1n) is 34.1. The van der Waals surface area contributed by atoms with Crippen LogP contribution in [-0.2, 0) is 30.4 Å². The molecule has 5 nitrogen and oxygen atoms in total. The number of ether oxygens (including phenoxy) is 1. The van der Waals surface area contributed by atoms with E-state index in [0.29, 0.717) is 5.57 Å². The second-order valence-electron chi connectivity index (χ2n) is 26.4. The highest BCUT2D eigenvalue weighted by Gasteiger charge is 2.55. The summed E-state index contributed by atoms with van der Waals surface area (Å²) in [5.74, 6) is 0.0568. The van der Waals surface area contributed by atoms with Crippen LogP contribution in [0.4, 0.5) is 5.69 Å². The van der Waals surface area contributed by atoms with Crippen LogP contribution in [0.25, 0.3) is 37.4 Å². The van der Waals surface area contributed by atoms with Crippen LogP contribution >= 0.6 is 22.7 Å². The summed E-state index contributed by atoms with van der Waals surface area (Å²) in [6, 6.07) is 65.9. The van der Waals surface area contributed by atoms with Crippen molar-refractivity contribution in [3.63, 3.8) is 0 Å². The van der Waals surface area contributed by atoms with Gasteiger partial charge in [-0.15, -0.1) is 22.7 Å². The molecule has 0 radical (unpaired) electrons. The Balaban J connectivity index is 1.20. The van der Waals surface area contributed by atoms with Gasteiger partial charge in [0, 0.05) is 44.9 Å². The molecule has 0 atom stereocenters. The first-order valence-corrected chi connectivity index (χ1v) is 39.7. The van der Waals surface area contributed by atoms with E-state index in [-0.39, 0.29) is 16.9 Å². The van der Waals surface area contributed by atoms with Crippen LogP contribution in [-0.4, -0.2) is 35.8 Å². The fourth-order valence-electron chi connectivity index (χ4n) is 14.7. The molecule has 0 amide bonds. The van der Waals surface area contributed by atoms with Crippen molar-refractivity contribution in [2.24, 2.45) is 0 Å². The van der Waals surface area contributed by atoms with E-state index in [1.165, 1.54) is 203 Å². The van der Waals surface area contributed by atoms with Gasteiger partial charge in [-0.25, -0.2) is 0 Å². The number of hydrogen-bond donors (Lipinski definition) is 0. The lowest BCUT2D eigenvalue weighted by molar-refractivity contribution is 0.0954. The first-order chi connectivity index (χ1) is 44.4. The van der Waals surface area contributed by atoms with Gasteiger partial charge in [0.05, 0.1) is 0 Å². The highest BCUT2D eigenvalue weighted by molar-refractivity contribution is 7.31. The van der Waals surface area contributed by atoms with Crippen LogP contribution in [0.1, 0.15) is 171 Å². The van der Waals surface area contributed by atoms with Crippen molar-refractivity contribution in [2.75, 3.05) is 19.0 Å². The second-order valence-corrected chi connectivity index (χ2v) is 36.0. The molecular formula is C82H90N4OS2Si2. The summed E-state index contributed by atoms with van der Waals surface area (Å²) in [4.78, 5) is 7.31. The Morgan fingerprint density at radius 2 is 0.868 bits per heavy atom. The number of aryl methyl sites for hydroxylation is 4. The van der Waals surface area contributed by atoms with E-state index in [2.05, 4.69) is 204 Å². The van der Waals surface area contributed by atoms with Crippen molar-refractivity contribution in [1.82, 2.24) is 0 Å². The van der Waals surface area contributed by atoms with Crippen molar-refractivity contribution in [3.8, 4) is 49.5 Å². The third-order valence-electron chi connectivity index (χ3n) is 19.7. The Morgan fingerprint density at radius 3 is 1.24 bits per heavy atom. The molecule has 0 bridgehead atoms. The summed E-state index contributed by atoms with van der Waals surface area (Å²) in [6.07, 6.45) is 28.2. The number of anilines is 1. The van der Waals surface area contributed by atoms with Crippen molar-refractivity contribution in [3.05, 3.63) is 201 Å². The monoisotopic (exact) mass is 1270 g/mol. The molecule has 8 aromatic rings. The maximum Gasteiger partial charge on any atom is 0.181 e. The predicted molar refractivity (Wildman–Crippen MR) is 394 cm³/mol. The van der Waals surface area contributed by atoms with Gasteiger partial charge in [-0.1, -0.05) is 232 Å². The first kappa shape index (κ1) is 65.0. The molecule has 0 fully saturated rings. The summed E-state index contributed by atoms with van der Waals surface area (Å²) >= 11 is 3.85. The lowest BCUT2D eigenvalue weighted by Crippen LogP contribution is -2.74. The number of hydrogen-bond acceptors (Lipinski definition) is 7. The molecule has 5 heterocycles. The molecule has 0 unspecified atom stereocenters. The molecule has 9 heteroatoms. The lowest BCUT2D eigenvalue weighted by Gasteiger charge is -2.33. The van der Waals surface area contributed by atoms with Gasteiger partial charge < -0.3 is 9.64 Å². The van der Waals surface area contributed by atoms with E-state index in [1.54, 1.807) is 0 Å². The average molecular weight is 1270 g/mol. The molecule has 91 heavy (non-hydrogen) atoms. The minimum absolute atomic E-state index is 0.0568. The standard InChI is InChI=1S/C82H90N4OS2Si2/c1-9-13-17-21-25-58-29-42-66(43-30-58)90(67-44-31-59(32-45-67)26-22-18-14-10-2)75-53-71-76(52-70(75)80-77(90)51-65(88-80)41-50-73-72(57-85)79(63(55-83)56-84)87-82(73,5)6)91(68-46-33-60(34-47-68)27-23-19-15-11-3,69-48-35-61(36-49-69)28-24-20-16-12-4)78-54-74(89-81(71)78)62-37-39-64(40-38-62)86(7)8/h29-54H,9-28H2,1-8H3/b50-41+. The van der Waals surface area contributed by atoms with Crippen LogP contribution in [0.3, 0.4) is 0 Å². The van der Waals surface area contributed by atoms with Crippen molar-refractivity contribution < 1.29 is 4.74 Å². The summed E-state index contributed by atoms with van der Waals surface area (Å²) in [7, 11) is -2.00. The smallest absolute Gasteiger partial charge is 0.181 e. The van der Waals surface area contributed by atoms with Gasteiger partial charge in [-0.05, 0) is 176 Å². The Hall–Kier alpha value is -7.56. The van der Waals surface area contributed by atoms with Gasteiger partial charge in [0.25, 0.3) is 0 Å². The summed E-state index contributed by atoms with van der Waals surface area (Å²) < 4.78 is 6.31. The van der Waals surface area contributed by atoms with Crippen LogP contribution in [0.2, 0.25) is 0 Å². The zero-order valence-electron chi connectivity index (χ0n) is 55.2. The quantitative estimate of drug-likeness (QED) is 0.0277. The maximum atomic E-state index is 10.7. The van der Waals surface area contributed by atoms with Gasteiger partial charge >= 0.3 is 0 Å². The number of allylic oxidation sites excluding steroid dienone is 2. The molecule has 3 aliphatic rings. The molecule has 0 saturated heterocycles. The predicted octanol–water partition coefficient (Wildman–Crippen LogP) is 16.7. The number of rotatable bonds is 28. The molecule has 0 aliphatic carbocycles. The molecule has 6 aromatic carbocycles. The molecule has 0 saturated carbocycles. The van der Waals surface area contributed by atoms with Crippen LogP contribution < -0.4 is 46.4 Å². The summed E-state index contributed by atoms with van der Waals surface area (Å²) in [6.45, 7) is 13.0. The van der Waals surface area contributed by atoms with Crippen molar-refractivity contribution in [2.45, 2.75) is 176 Å². The normalized spacial score (nSPS) is 14.6. The molecule has 0 spiro atoms. The summed E-state index contributed by atoms with van der Waals surface area (Å²) in [5, 5.41) is 42.1. The molecule has 464 valence electrons. The largest absolute Gasteiger partial charge is 0.480 e. The van der Waals surface area contributed by atoms with Gasteiger partial charge in [0.15, 0.2) is 27.5 Å². The minimum Gasteiger partial charge on any atom is -0.480 e. The SMILES string of the molecule is CCCCCCc1ccc([Si]2(c3ccc(CCCCCC)cc3)c3cc4c(cc3-c3sc(/C=C/C5=C(C#N)C(=C(C#N)C#N)OC5(C)C)cc32)[Si](c2ccc(CCCCCC)cc2)(c2ccc(CCCCCC)cc2)c2cc(-c3ccc(N(C)C)cc3)sc2-4)cc1. The third kappa shape index (κ3) is 12.8. The number of thiophene rings is 2. The topological polar surface area (TPSA) is 83.8 Å². The van der Waals surface area contributed by atoms with Crippen LogP contribution in [0.5, 0.6) is 0 Å². The molecule has 3 aliphatic heterocycles.